The Bertz CT molecular complexity index is 591. The van der Waals surface area contributed by atoms with E-state index in [0.29, 0.717) is 11.5 Å². The van der Waals surface area contributed by atoms with Crippen molar-refractivity contribution in [2.24, 2.45) is 5.92 Å². The Morgan fingerprint density at radius 2 is 1.96 bits per heavy atom. The predicted octanol–water partition coefficient (Wildman–Crippen LogP) is 4.52. The third-order valence-electron chi connectivity index (χ3n) is 4.05. The van der Waals surface area contributed by atoms with E-state index in [-0.39, 0.29) is 6.61 Å². The van der Waals surface area contributed by atoms with Crippen molar-refractivity contribution < 1.29 is 19.1 Å². The molecule has 0 bridgehead atoms. The van der Waals surface area contributed by atoms with Gasteiger partial charge in [0.1, 0.15) is 0 Å². The number of hydrogen-bond donors (Lipinski definition) is 0. The molecule has 1 fully saturated rings. The van der Waals surface area contributed by atoms with Crippen molar-refractivity contribution in [1.82, 2.24) is 0 Å². The highest BCUT2D eigenvalue weighted by molar-refractivity contribution is 14.1. The molecule has 1 aliphatic rings. The third-order valence-corrected chi connectivity index (χ3v) is 5.00. The zero-order chi connectivity index (χ0) is 17.4. The van der Waals surface area contributed by atoms with Crippen LogP contribution in [0.2, 0.25) is 0 Å². The summed E-state index contributed by atoms with van der Waals surface area (Å²) in [5, 5.41) is 0. The van der Waals surface area contributed by atoms with Crippen molar-refractivity contribution in [2.75, 3.05) is 6.61 Å². The predicted molar refractivity (Wildman–Crippen MR) is 101 cm³/mol. The fourth-order valence-corrected chi connectivity index (χ4v) is 3.39. The van der Waals surface area contributed by atoms with Crippen molar-refractivity contribution in [3.05, 3.63) is 45.6 Å². The molecule has 0 saturated heterocycles. The van der Waals surface area contributed by atoms with Gasteiger partial charge in [0.2, 0.25) is 6.10 Å². The van der Waals surface area contributed by atoms with E-state index in [9.17, 15) is 9.59 Å². The van der Waals surface area contributed by atoms with Crippen LogP contribution in [0.3, 0.4) is 0 Å². The van der Waals surface area contributed by atoms with Gasteiger partial charge in [-0.1, -0.05) is 37.5 Å². The first-order valence-electron chi connectivity index (χ1n) is 8.42. The number of hydrogen-bond acceptors (Lipinski definition) is 4. The lowest BCUT2D eigenvalue weighted by molar-refractivity contribution is -0.150. The topological polar surface area (TPSA) is 52.6 Å². The molecule has 4 nitrogen and oxygen atoms in total. The van der Waals surface area contributed by atoms with E-state index in [1.165, 1.54) is 19.3 Å². The number of carbonyl (C=O) groups excluding carboxylic acids is 2. The van der Waals surface area contributed by atoms with Gasteiger partial charge in [-0.05, 0) is 66.5 Å². The summed E-state index contributed by atoms with van der Waals surface area (Å²) >= 11 is 2.08. The molecule has 0 aliphatic heterocycles. The van der Waals surface area contributed by atoms with Gasteiger partial charge in [-0.15, -0.1) is 0 Å². The Labute approximate surface area is 156 Å². The molecular formula is C19H23IO4. The summed E-state index contributed by atoms with van der Waals surface area (Å²) in [6, 6.07) is 7.14. The van der Waals surface area contributed by atoms with Gasteiger partial charge in [-0.3, -0.25) is 0 Å². The molecule has 1 saturated carbocycles. The lowest BCUT2D eigenvalue weighted by Crippen LogP contribution is -2.28. The van der Waals surface area contributed by atoms with Crippen molar-refractivity contribution in [1.29, 1.82) is 0 Å². The maximum absolute atomic E-state index is 12.4. The van der Waals surface area contributed by atoms with Gasteiger partial charge in [-0.25, -0.2) is 9.59 Å². The maximum atomic E-state index is 12.4. The van der Waals surface area contributed by atoms with Crippen LogP contribution in [0.15, 0.2) is 36.4 Å². The second-order valence-corrected chi connectivity index (χ2v) is 7.00. The van der Waals surface area contributed by atoms with Crippen LogP contribution in [-0.2, 0) is 14.3 Å². The maximum Gasteiger partial charge on any atom is 0.351 e. The number of benzene rings is 1. The summed E-state index contributed by atoms with van der Waals surface area (Å²) in [5.74, 6) is -0.582. The Morgan fingerprint density at radius 3 is 2.62 bits per heavy atom. The third kappa shape index (κ3) is 5.61. The van der Waals surface area contributed by atoms with Crippen LogP contribution in [0.5, 0.6) is 0 Å². The minimum absolute atomic E-state index is 0.257. The number of rotatable bonds is 6. The molecule has 2 rings (SSSR count). The molecule has 24 heavy (non-hydrogen) atoms. The van der Waals surface area contributed by atoms with E-state index in [2.05, 4.69) is 22.6 Å². The quantitative estimate of drug-likeness (QED) is 0.370. The first-order chi connectivity index (χ1) is 11.6. The van der Waals surface area contributed by atoms with Crippen LogP contribution in [0, 0.1) is 9.49 Å². The number of esters is 2. The van der Waals surface area contributed by atoms with E-state index in [1.54, 1.807) is 25.1 Å². The first kappa shape index (κ1) is 19.0. The average Bonchev–Trinajstić information content (AvgIpc) is 2.60. The second-order valence-electron chi connectivity index (χ2n) is 5.84. The van der Waals surface area contributed by atoms with Crippen LogP contribution in [0.4, 0.5) is 0 Å². The SMILES string of the molecule is CCOC(=O)C(/C=C/C1CCCCC1)OC(=O)c1ccccc1I. The zero-order valence-corrected chi connectivity index (χ0v) is 16.0. The molecule has 0 heterocycles. The van der Waals surface area contributed by atoms with Crippen LogP contribution in [0.25, 0.3) is 0 Å². The fourth-order valence-electron chi connectivity index (χ4n) is 2.78. The second kappa shape index (κ2) is 9.81. The summed E-state index contributed by atoms with van der Waals surface area (Å²) in [5.41, 5.74) is 0.457. The molecule has 130 valence electrons. The molecule has 0 radical (unpaired) electrons. The van der Waals surface area contributed by atoms with Crippen LogP contribution in [-0.4, -0.2) is 24.6 Å². The zero-order valence-electron chi connectivity index (χ0n) is 13.9. The lowest BCUT2D eigenvalue weighted by Gasteiger charge is -2.19. The standard InChI is InChI=1S/C19H23IO4/c1-2-23-19(22)17(13-12-14-8-4-3-5-9-14)24-18(21)15-10-6-7-11-16(15)20/h6-7,10-14,17H,2-5,8-9H2,1H3/b13-12+. The summed E-state index contributed by atoms with van der Waals surface area (Å²) in [6.45, 7) is 1.99. The molecule has 0 spiro atoms. The molecule has 0 amide bonds. The average molecular weight is 442 g/mol. The van der Waals surface area contributed by atoms with Gasteiger partial charge in [0.15, 0.2) is 0 Å². The summed E-state index contributed by atoms with van der Waals surface area (Å²) < 4.78 is 11.3. The van der Waals surface area contributed by atoms with Gasteiger partial charge in [0, 0.05) is 3.57 Å². The summed E-state index contributed by atoms with van der Waals surface area (Å²) in [4.78, 5) is 24.5. The lowest BCUT2D eigenvalue weighted by atomic mass is 9.89. The van der Waals surface area contributed by atoms with Gasteiger partial charge in [0.25, 0.3) is 0 Å². The van der Waals surface area contributed by atoms with Crippen LogP contribution < -0.4 is 0 Å². The number of carbonyl (C=O) groups is 2. The Balaban J connectivity index is 2.07. The summed E-state index contributed by atoms with van der Waals surface area (Å²) in [7, 11) is 0. The van der Waals surface area contributed by atoms with Crippen molar-refractivity contribution in [2.45, 2.75) is 45.1 Å². The highest BCUT2D eigenvalue weighted by Crippen LogP contribution is 2.25. The highest BCUT2D eigenvalue weighted by Gasteiger charge is 2.24. The smallest absolute Gasteiger partial charge is 0.351 e. The first-order valence-corrected chi connectivity index (χ1v) is 9.50. The van der Waals surface area contributed by atoms with Crippen LogP contribution >= 0.6 is 22.6 Å². The van der Waals surface area contributed by atoms with E-state index in [0.717, 1.165) is 16.4 Å². The monoisotopic (exact) mass is 442 g/mol. The Kier molecular flexibility index (Phi) is 7.75. The van der Waals surface area contributed by atoms with Gasteiger partial charge >= 0.3 is 11.9 Å². The molecule has 5 heteroatoms. The summed E-state index contributed by atoms with van der Waals surface area (Å²) in [6.07, 6.45) is 8.63. The largest absolute Gasteiger partial charge is 0.463 e. The fraction of sp³-hybridized carbons (Fsp3) is 0.474. The number of ether oxygens (including phenoxy) is 2. The molecule has 0 aromatic heterocycles. The van der Waals surface area contributed by atoms with Crippen molar-refractivity contribution >= 4 is 34.5 Å². The van der Waals surface area contributed by atoms with Gasteiger partial charge < -0.3 is 9.47 Å². The Morgan fingerprint density at radius 1 is 1.25 bits per heavy atom. The minimum Gasteiger partial charge on any atom is -0.463 e. The minimum atomic E-state index is -0.990. The number of halogens is 1. The van der Waals surface area contributed by atoms with Crippen LogP contribution in [0.1, 0.15) is 49.4 Å². The molecule has 1 aliphatic carbocycles. The molecule has 1 atom stereocenters. The van der Waals surface area contributed by atoms with Crippen molar-refractivity contribution in [3.63, 3.8) is 0 Å². The normalized spacial score (nSPS) is 16.8. The van der Waals surface area contributed by atoms with E-state index in [1.807, 2.05) is 18.2 Å². The van der Waals surface area contributed by atoms with E-state index in [4.69, 9.17) is 9.47 Å². The number of allylic oxidation sites excluding steroid dienone is 1. The molecular weight excluding hydrogens is 419 g/mol. The highest BCUT2D eigenvalue weighted by atomic mass is 127. The molecule has 1 aromatic carbocycles. The van der Waals surface area contributed by atoms with E-state index >= 15 is 0 Å². The van der Waals surface area contributed by atoms with Gasteiger partial charge in [0.05, 0.1) is 12.2 Å². The van der Waals surface area contributed by atoms with E-state index < -0.39 is 18.0 Å². The molecule has 1 aromatic rings. The van der Waals surface area contributed by atoms with Crippen molar-refractivity contribution in [3.8, 4) is 0 Å². The molecule has 1 unspecified atom stereocenters. The molecule has 0 N–H and O–H groups in total. The van der Waals surface area contributed by atoms with Gasteiger partial charge in [-0.2, -0.15) is 0 Å². The Hall–Kier alpha value is -1.37.